The van der Waals surface area contributed by atoms with Crippen LogP contribution in [0, 0.1) is 0 Å². The number of guanidine groups is 1. The molecular formula is C19H29BrIN3O2. The Morgan fingerprint density at radius 1 is 1.23 bits per heavy atom. The van der Waals surface area contributed by atoms with Gasteiger partial charge in [0.1, 0.15) is 0 Å². The average Bonchev–Trinajstić information content (AvgIpc) is 3.39. The van der Waals surface area contributed by atoms with Crippen LogP contribution in [-0.4, -0.2) is 49.5 Å². The van der Waals surface area contributed by atoms with Gasteiger partial charge in [-0.3, -0.25) is 4.99 Å². The molecule has 0 radical (unpaired) electrons. The normalized spacial score (nSPS) is 20.8. The van der Waals surface area contributed by atoms with E-state index >= 15 is 0 Å². The molecule has 1 saturated carbocycles. The summed E-state index contributed by atoms with van der Waals surface area (Å²) in [4.78, 5) is 4.63. The summed E-state index contributed by atoms with van der Waals surface area (Å²) in [6, 6.07) is 8.57. The molecule has 0 atom stereocenters. The molecule has 5 nitrogen and oxygen atoms in total. The van der Waals surface area contributed by atoms with Gasteiger partial charge in [0.2, 0.25) is 0 Å². The summed E-state index contributed by atoms with van der Waals surface area (Å²) in [6.45, 7) is 5.36. The van der Waals surface area contributed by atoms with Gasteiger partial charge in [0.15, 0.2) is 5.96 Å². The summed E-state index contributed by atoms with van der Waals surface area (Å²) in [5.41, 5.74) is 0.839. The maximum absolute atomic E-state index is 10.6. The Kier molecular flexibility index (Phi) is 8.18. The fourth-order valence-electron chi connectivity index (χ4n) is 3.27. The summed E-state index contributed by atoms with van der Waals surface area (Å²) in [5, 5.41) is 17.4. The van der Waals surface area contributed by atoms with Crippen molar-refractivity contribution < 1.29 is 9.84 Å². The van der Waals surface area contributed by atoms with Crippen molar-refractivity contribution in [3.05, 3.63) is 34.3 Å². The Bertz CT molecular complexity index is 617. The summed E-state index contributed by atoms with van der Waals surface area (Å²) in [6.07, 6.45) is 3.68. The minimum absolute atomic E-state index is 0. The molecule has 7 heteroatoms. The van der Waals surface area contributed by atoms with Crippen molar-refractivity contribution in [3.63, 3.8) is 0 Å². The summed E-state index contributed by atoms with van der Waals surface area (Å²) in [7, 11) is 0. The third-order valence-electron chi connectivity index (χ3n) is 5.18. The highest BCUT2D eigenvalue weighted by Crippen LogP contribution is 2.48. The molecule has 146 valence electrons. The SMILES string of the molecule is CCNC(=NCC1(O)CCOCC1)NCC1(c2cccc(Br)c2)CC1.I. The molecule has 0 unspecified atom stereocenters. The Morgan fingerprint density at radius 3 is 2.58 bits per heavy atom. The van der Waals surface area contributed by atoms with Crippen LogP contribution in [0.25, 0.3) is 0 Å². The summed E-state index contributed by atoms with van der Waals surface area (Å²) >= 11 is 3.57. The quantitative estimate of drug-likeness (QED) is 0.296. The maximum Gasteiger partial charge on any atom is 0.191 e. The lowest BCUT2D eigenvalue weighted by atomic mass is 9.95. The molecule has 1 aliphatic carbocycles. The lowest BCUT2D eigenvalue weighted by molar-refractivity contribution is -0.0565. The number of rotatable bonds is 6. The molecule has 26 heavy (non-hydrogen) atoms. The molecule has 1 saturated heterocycles. The molecule has 0 spiro atoms. The van der Waals surface area contributed by atoms with E-state index in [-0.39, 0.29) is 29.4 Å². The minimum Gasteiger partial charge on any atom is -0.388 e. The van der Waals surface area contributed by atoms with Crippen LogP contribution in [0.1, 0.15) is 38.2 Å². The van der Waals surface area contributed by atoms with E-state index in [4.69, 9.17) is 4.74 Å². The lowest BCUT2D eigenvalue weighted by Gasteiger charge is -2.30. The molecule has 0 amide bonds. The molecule has 3 rings (SSSR count). The van der Waals surface area contributed by atoms with Crippen molar-refractivity contribution in [1.82, 2.24) is 10.6 Å². The van der Waals surface area contributed by atoms with E-state index < -0.39 is 5.60 Å². The van der Waals surface area contributed by atoms with E-state index in [1.54, 1.807) is 0 Å². The zero-order valence-corrected chi connectivity index (χ0v) is 19.2. The first-order chi connectivity index (χ1) is 12.1. The first kappa shape index (κ1) is 21.9. The molecule has 1 aromatic carbocycles. The second kappa shape index (κ2) is 9.71. The molecule has 1 heterocycles. The molecule has 0 aromatic heterocycles. The highest BCUT2D eigenvalue weighted by Gasteiger charge is 2.44. The third kappa shape index (κ3) is 5.81. The van der Waals surface area contributed by atoms with Crippen molar-refractivity contribution >= 4 is 45.9 Å². The van der Waals surface area contributed by atoms with Gasteiger partial charge in [0.25, 0.3) is 0 Å². The van der Waals surface area contributed by atoms with Crippen molar-refractivity contribution in [1.29, 1.82) is 0 Å². The number of hydrogen-bond donors (Lipinski definition) is 3. The number of ether oxygens (including phenoxy) is 1. The van der Waals surface area contributed by atoms with Gasteiger partial charge in [-0.05, 0) is 37.5 Å². The monoisotopic (exact) mass is 537 g/mol. The van der Waals surface area contributed by atoms with Crippen LogP contribution in [0.15, 0.2) is 33.7 Å². The molecule has 1 aromatic rings. The zero-order chi connectivity index (χ0) is 17.8. The zero-order valence-electron chi connectivity index (χ0n) is 15.3. The van der Waals surface area contributed by atoms with Crippen LogP contribution in [0.3, 0.4) is 0 Å². The highest BCUT2D eigenvalue weighted by molar-refractivity contribution is 14.0. The summed E-state index contributed by atoms with van der Waals surface area (Å²) in [5.74, 6) is 0.781. The van der Waals surface area contributed by atoms with Gasteiger partial charge in [-0.1, -0.05) is 28.1 Å². The van der Waals surface area contributed by atoms with Crippen molar-refractivity contribution in [2.24, 2.45) is 4.99 Å². The first-order valence-electron chi connectivity index (χ1n) is 9.14. The van der Waals surface area contributed by atoms with E-state index in [2.05, 4.69) is 62.7 Å². The lowest BCUT2D eigenvalue weighted by Crippen LogP contribution is -2.44. The van der Waals surface area contributed by atoms with Crippen LogP contribution in [0.2, 0.25) is 0 Å². The number of hydrogen-bond acceptors (Lipinski definition) is 3. The van der Waals surface area contributed by atoms with Gasteiger partial charge in [-0.2, -0.15) is 0 Å². The largest absolute Gasteiger partial charge is 0.388 e. The molecule has 3 N–H and O–H groups in total. The maximum atomic E-state index is 10.6. The van der Waals surface area contributed by atoms with Crippen LogP contribution in [0.5, 0.6) is 0 Å². The van der Waals surface area contributed by atoms with E-state index in [1.807, 2.05) is 0 Å². The smallest absolute Gasteiger partial charge is 0.191 e. The fourth-order valence-corrected chi connectivity index (χ4v) is 3.67. The van der Waals surface area contributed by atoms with Crippen molar-refractivity contribution in [2.45, 2.75) is 43.6 Å². The third-order valence-corrected chi connectivity index (χ3v) is 5.68. The topological polar surface area (TPSA) is 65.9 Å². The second-order valence-electron chi connectivity index (χ2n) is 7.18. The van der Waals surface area contributed by atoms with Crippen LogP contribution in [-0.2, 0) is 10.2 Å². The molecule has 1 aliphatic heterocycles. The highest BCUT2D eigenvalue weighted by atomic mass is 127. The Morgan fingerprint density at radius 2 is 1.96 bits per heavy atom. The number of aliphatic imine (C=N–C) groups is 1. The van der Waals surface area contributed by atoms with E-state index in [0.29, 0.717) is 32.6 Å². The van der Waals surface area contributed by atoms with Gasteiger partial charge >= 0.3 is 0 Å². The second-order valence-corrected chi connectivity index (χ2v) is 8.09. The first-order valence-corrected chi connectivity index (χ1v) is 9.93. The molecular weight excluding hydrogens is 509 g/mol. The number of benzene rings is 1. The van der Waals surface area contributed by atoms with Crippen LogP contribution < -0.4 is 10.6 Å². The van der Waals surface area contributed by atoms with Crippen LogP contribution in [0.4, 0.5) is 0 Å². The van der Waals surface area contributed by atoms with E-state index in [0.717, 1.165) is 23.5 Å². The Labute approximate surface area is 181 Å². The average molecular weight is 538 g/mol. The minimum atomic E-state index is -0.734. The molecule has 0 bridgehead atoms. The van der Waals surface area contributed by atoms with E-state index in [9.17, 15) is 5.11 Å². The number of nitrogens with one attached hydrogen (secondary N) is 2. The predicted molar refractivity (Wildman–Crippen MR) is 119 cm³/mol. The predicted octanol–water partition coefficient (Wildman–Crippen LogP) is 3.20. The van der Waals surface area contributed by atoms with Gasteiger partial charge in [0.05, 0.1) is 12.1 Å². The molecule has 2 aliphatic rings. The summed E-state index contributed by atoms with van der Waals surface area (Å²) < 4.78 is 6.46. The fraction of sp³-hybridized carbons (Fsp3) is 0.632. The van der Waals surface area contributed by atoms with Crippen molar-refractivity contribution in [3.8, 4) is 0 Å². The molecule has 2 fully saturated rings. The van der Waals surface area contributed by atoms with Gasteiger partial charge in [-0.25, -0.2) is 0 Å². The number of aliphatic hydroxyl groups is 1. The van der Waals surface area contributed by atoms with Gasteiger partial charge in [-0.15, -0.1) is 24.0 Å². The Hall–Kier alpha value is -0.380. The van der Waals surface area contributed by atoms with E-state index in [1.165, 1.54) is 18.4 Å². The number of nitrogens with zero attached hydrogens (tertiary/aromatic N) is 1. The number of halogens is 2. The Balaban J connectivity index is 0.00000243. The van der Waals surface area contributed by atoms with Crippen LogP contribution >= 0.6 is 39.9 Å². The van der Waals surface area contributed by atoms with Gasteiger partial charge in [0, 0.05) is 49.0 Å². The van der Waals surface area contributed by atoms with Crippen molar-refractivity contribution in [2.75, 3.05) is 32.8 Å². The van der Waals surface area contributed by atoms with Gasteiger partial charge < -0.3 is 20.5 Å². The standard InChI is InChI=1S/C19H28BrN3O2.HI/c1-2-21-17(23-14-19(24)8-10-25-11-9-19)22-13-18(6-7-18)15-4-3-5-16(20)12-15;/h3-5,12,24H,2,6-11,13-14H2,1H3,(H2,21,22,23);1H.